The molecule has 1 fully saturated rings. The summed E-state index contributed by atoms with van der Waals surface area (Å²) in [4.78, 5) is 23.8. The summed E-state index contributed by atoms with van der Waals surface area (Å²) in [5, 5.41) is 0. The first-order chi connectivity index (χ1) is 14.2. The molecule has 29 heavy (non-hydrogen) atoms. The van der Waals surface area contributed by atoms with Gasteiger partial charge >= 0.3 is 0 Å². The summed E-state index contributed by atoms with van der Waals surface area (Å²) in [7, 11) is 0. The van der Waals surface area contributed by atoms with Crippen LogP contribution in [-0.2, 0) is 17.6 Å². The number of carbonyl (C=O) groups is 1. The van der Waals surface area contributed by atoms with E-state index in [1.165, 1.54) is 11.1 Å². The third-order valence-corrected chi connectivity index (χ3v) is 5.57. The van der Waals surface area contributed by atoms with E-state index in [0.717, 1.165) is 49.3 Å². The lowest BCUT2D eigenvalue weighted by molar-refractivity contribution is -0.131. The molecule has 1 aromatic carbocycles. The van der Waals surface area contributed by atoms with Crippen molar-refractivity contribution >= 4 is 5.91 Å². The van der Waals surface area contributed by atoms with E-state index >= 15 is 0 Å². The van der Waals surface area contributed by atoms with Crippen molar-refractivity contribution in [3.63, 3.8) is 0 Å². The highest BCUT2D eigenvalue weighted by Crippen LogP contribution is 2.26. The van der Waals surface area contributed by atoms with Gasteiger partial charge in [-0.3, -0.25) is 14.8 Å². The molecule has 0 bridgehead atoms. The van der Waals surface area contributed by atoms with Crippen molar-refractivity contribution in [3.05, 3.63) is 95.1 Å². The summed E-state index contributed by atoms with van der Waals surface area (Å²) >= 11 is 0. The fourth-order valence-corrected chi connectivity index (χ4v) is 4.09. The van der Waals surface area contributed by atoms with E-state index in [9.17, 15) is 4.79 Å². The lowest BCUT2D eigenvalue weighted by atomic mass is 9.93. The number of pyridine rings is 2. The van der Waals surface area contributed by atoms with E-state index in [1.807, 2.05) is 17.0 Å². The van der Waals surface area contributed by atoms with Gasteiger partial charge in [-0.15, -0.1) is 0 Å². The normalized spacial score (nSPS) is 16.6. The van der Waals surface area contributed by atoms with Crippen LogP contribution in [0.15, 0.2) is 67.0 Å². The average molecular weight is 386 g/mol. The maximum Gasteiger partial charge on any atom is 0.227 e. The van der Waals surface area contributed by atoms with Gasteiger partial charge in [0.05, 0.1) is 6.42 Å². The smallest absolute Gasteiger partial charge is 0.227 e. The Morgan fingerprint density at radius 1 is 1.10 bits per heavy atom. The minimum Gasteiger partial charge on any atom is -0.342 e. The third kappa shape index (κ3) is 5.08. The molecule has 1 aliphatic rings. The van der Waals surface area contributed by atoms with Gasteiger partial charge in [-0.05, 0) is 49.1 Å². The second-order valence-corrected chi connectivity index (χ2v) is 7.94. The number of rotatable bonds is 5. The average Bonchev–Trinajstić information content (AvgIpc) is 2.75. The highest BCUT2D eigenvalue weighted by Gasteiger charge is 2.25. The molecule has 1 aliphatic heterocycles. The minimum absolute atomic E-state index is 0.179. The number of piperidine rings is 1. The zero-order valence-electron chi connectivity index (χ0n) is 16.9. The van der Waals surface area contributed by atoms with Crippen molar-refractivity contribution < 1.29 is 4.79 Å². The Labute approximate surface area is 172 Å². The predicted molar refractivity (Wildman–Crippen MR) is 115 cm³/mol. The Balaban J connectivity index is 1.43. The first kappa shape index (κ1) is 19.3. The highest BCUT2D eigenvalue weighted by molar-refractivity contribution is 5.78. The Morgan fingerprint density at radius 2 is 1.97 bits per heavy atom. The van der Waals surface area contributed by atoms with Crippen LogP contribution in [-0.4, -0.2) is 33.9 Å². The Morgan fingerprint density at radius 3 is 2.79 bits per heavy atom. The number of amides is 1. The number of aryl methyl sites for hydroxylation is 1. The van der Waals surface area contributed by atoms with Gasteiger partial charge < -0.3 is 4.90 Å². The molecular weight excluding hydrogens is 358 g/mol. The van der Waals surface area contributed by atoms with Crippen LogP contribution in [0, 0.1) is 6.92 Å². The van der Waals surface area contributed by atoms with E-state index in [0.29, 0.717) is 12.3 Å². The molecule has 0 aliphatic carbocycles. The van der Waals surface area contributed by atoms with Gasteiger partial charge in [-0.1, -0.05) is 42.0 Å². The summed E-state index contributed by atoms with van der Waals surface area (Å²) < 4.78 is 0. The topological polar surface area (TPSA) is 46.1 Å². The molecule has 2 aromatic heterocycles. The molecule has 3 heterocycles. The van der Waals surface area contributed by atoms with Crippen LogP contribution in [0.25, 0.3) is 0 Å². The standard InChI is InChI=1S/C25H27N3O/c1-19-6-2-7-20(14-19)15-23-10-3-11-24(27-23)22-9-5-13-28(18-22)25(29)16-21-8-4-12-26-17-21/h2-4,6-8,10-12,14,17,22H,5,9,13,15-16,18H2,1H3/t22-/m1/s1. The number of nitrogens with zero attached hydrogens (tertiary/aromatic N) is 3. The predicted octanol–water partition coefficient (Wildman–Crippen LogP) is 4.32. The largest absolute Gasteiger partial charge is 0.342 e. The van der Waals surface area contributed by atoms with Crippen LogP contribution >= 0.6 is 0 Å². The zero-order chi connectivity index (χ0) is 20.1. The van der Waals surface area contributed by atoms with Crippen molar-refractivity contribution in [3.8, 4) is 0 Å². The molecule has 4 heteroatoms. The summed E-state index contributed by atoms with van der Waals surface area (Å²) in [6.07, 6.45) is 6.87. The Kier molecular flexibility index (Phi) is 5.99. The summed E-state index contributed by atoms with van der Waals surface area (Å²) in [5.41, 5.74) is 5.72. The molecule has 3 aromatic rings. The molecule has 1 amide bonds. The first-order valence-corrected chi connectivity index (χ1v) is 10.4. The van der Waals surface area contributed by atoms with Crippen molar-refractivity contribution in [2.45, 2.75) is 38.5 Å². The number of benzene rings is 1. The lowest BCUT2D eigenvalue weighted by Gasteiger charge is -2.32. The maximum atomic E-state index is 12.8. The van der Waals surface area contributed by atoms with Crippen LogP contribution in [0.5, 0.6) is 0 Å². The Bertz CT molecular complexity index is 971. The van der Waals surface area contributed by atoms with Crippen molar-refractivity contribution in [1.29, 1.82) is 0 Å². The SMILES string of the molecule is Cc1cccc(Cc2cccc([C@@H]3CCCN(C(=O)Cc4cccnc4)C3)n2)c1. The van der Waals surface area contributed by atoms with Gasteiger partial charge in [-0.25, -0.2) is 0 Å². The number of carbonyl (C=O) groups excluding carboxylic acids is 1. The van der Waals surface area contributed by atoms with E-state index < -0.39 is 0 Å². The van der Waals surface area contributed by atoms with Crippen LogP contribution in [0.4, 0.5) is 0 Å². The fourth-order valence-electron chi connectivity index (χ4n) is 4.09. The van der Waals surface area contributed by atoms with E-state index in [2.05, 4.69) is 54.4 Å². The molecule has 1 atom stereocenters. The molecule has 0 N–H and O–H groups in total. The first-order valence-electron chi connectivity index (χ1n) is 10.4. The van der Waals surface area contributed by atoms with Crippen LogP contribution < -0.4 is 0 Å². The van der Waals surface area contributed by atoms with E-state index in [4.69, 9.17) is 4.98 Å². The molecule has 0 saturated carbocycles. The van der Waals surface area contributed by atoms with Crippen molar-refractivity contribution in [2.75, 3.05) is 13.1 Å². The van der Waals surface area contributed by atoms with E-state index in [-0.39, 0.29) is 5.91 Å². The fraction of sp³-hybridized carbons (Fsp3) is 0.320. The number of likely N-dealkylation sites (tertiary alicyclic amines) is 1. The van der Waals surface area contributed by atoms with Gasteiger partial charge in [0.1, 0.15) is 0 Å². The maximum absolute atomic E-state index is 12.8. The molecule has 148 valence electrons. The molecule has 4 rings (SSSR count). The molecule has 4 nitrogen and oxygen atoms in total. The lowest BCUT2D eigenvalue weighted by Crippen LogP contribution is -2.40. The zero-order valence-corrected chi connectivity index (χ0v) is 16.9. The molecular formula is C25H27N3O. The van der Waals surface area contributed by atoms with Crippen LogP contribution in [0.1, 0.15) is 46.8 Å². The van der Waals surface area contributed by atoms with Gasteiger partial charge in [-0.2, -0.15) is 0 Å². The third-order valence-electron chi connectivity index (χ3n) is 5.57. The summed E-state index contributed by atoms with van der Waals surface area (Å²) in [5.74, 6) is 0.484. The van der Waals surface area contributed by atoms with Gasteiger partial charge in [0.25, 0.3) is 0 Å². The van der Waals surface area contributed by atoms with Crippen molar-refractivity contribution in [1.82, 2.24) is 14.9 Å². The van der Waals surface area contributed by atoms with Crippen molar-refractivity contribution in [2.24, 2.45) is 0 Å². The minimum atomic E-state index is 0.179. The van der Waals surface area contributed by atoms with E-state index in [1.54, 1.807) is 12.4 Å². The number of hydrogen-bond acceptors (Lipinski definition) is 3. The number of aromatic nitrogens is 2. The second kappa shape index (κ2) is 8.99. The monoisotopic (exact) mass is 385 g/mol. The molecule has 0 spiro atoms. The number of hydrogen-bond donors (Lipinski definition) is 0. The van der Waals surface area contributed by atoms with Crippen LogP contribution in [0.3, 0.4) is 0 Å². The van der Waals surface area contributed by atoms with Gasteiger partial charge in [0, 0.05) is 49.2 Å². The molecule has 0 unspecified atom stereocenters. The molecule has 1 saturated heterocycles. The van der Waals surface area contributed by atoms with Gasteiger partial charge in [0.15, 0.2) is 0 Å². The quantitative estimate of drug-likeness (QED) is 0.657. The van der Waals surface area contributed by atoms with Gasteiger partial charge in [0.2, 0.25) is 5.91 Å². The summed E-state index contributed by atoms with van der Waals surface area (Å²) in [6, 6.07) is 18.7. The van der Waals surface area contributed by atoms with Crippen LogP contribution in [0.2, 0.25) is 0 Å². The highest BCUT2D eigenvalue weighted by atomic mass is 16.2. The Hall–Kier alpha value is -3.01. The second-order valence-electron chi connectivity index (χ2n) is 7.94. The molecule has 0 radical (unpaired) electrons. The summed E-state index contributed by atoms with van der Waals surface area (Å²) in [6.45, 7) is 3.70.